The Bertz CT molecular complexity index is 807. The average molecular weight is 419 g/mol. The van der Waals surface area contributed by atoms with Crippen molar-refractivity contribution in [2.75, 3.05) is 26.2 Å². The summed E-state index contributed by atoms with van der Waals surface area (Å²) in [7, 11) is 0. The largest absolute Gasteiger partial charge is 0.373 e. The first kappa shape index (κ1) is 17.7. The minimum absolute atomic E-state index is 0.0636. The predicted octanol–water partition coefficient (Wildman–Crippen LogP) is 2.54. The molecule has 3 heterocycles. The fourth-order valence-electron chi connectivity index (χ4n) is 3.81. The number of amides is 1. The molecule has 0 saturated carbocycles. The Morgan fingerprint density at radius 3 is 3.19 bits per heavy atom. The molecule has 2 saturated heterocycles. The van der Waals surface area contributed by atoms with E-state index in [1.165, 1.54) is 12.8 Å². The standard InChI is InChI=1S/C19H23BrN4O2/c1-13-18(10-22-24(13)15-5-2-4-14(20)8-15)19(25)21-9-17-11-23-7-3-6-16(23)12-26-17/h2,4-5,8,10,16-17H,3,6-7,9,11-12H2,1H3,(H,21,25). The van der Waals surface area contributed by atoms with Crippen LogP contribution in [0.25, 0.3) is 5.69 Å². The van der Waals surface area contributed by atoms with Gasteiger partial charge >= 0.3 is 0 Å². The van der Waals surface area contributed by atoms with Gasteiger partial charge in [-0.15, -0.1) is 0 Å². The number of fused-ring (bicyclic) bond motifs is 1. The lowest BCUT2D eigenvalue weighted by Gasteiger charge is -2.35. The third kappa shape index (κ3) is 3.56. The Morgan fingerprint density at radius 1 is 1.46 bits per heavy atom. The van der Waals surface area contributed by atoms with Gasteiger partial charge in [0.2, 0.25) is 0 Å². The normalized spacial score (nSPS) is 23.0. The molecule has 0 bridgehead atoms. The second-order valence-electron chi connectivity index (χ2n) is 6.99. The van der Waals surface area contributed by atoms with Gasteiger partial charge in [0.25, 0.3) is 5.91 Å². The number of rotatable bonds is 4. The third-order valence-corrected chi connectivity index (χ3v) is 5.75. The van der Waals surface area contributed by atoms with E-state index in [0.717, 1.165) is 35.6 Å². The molecule has 1 aromatic heterocycles. The van der Waals surface area contributed by atoms with Crippen molar-refractivity contribution in [3.63, 3.8) is 0 Å². The van der Waals surface area contributed by atoms with Crippen LogP contribution < -0.4 is 5.32 Å². The maximum absolute atomic E-state index is 12.6. The van der Waals surface area contributed by atoms with Crippen molar-refractivity contribution in [3.8, 4) is 5.69 Å². The van der Waals surface area contributed by atoms with Gasteiger partial charge in [0.05, 0.1) is 35.9 Å². The summed E-state index contributed by atoms with van der Waals surface area (Å²) in [6, 6.07) is 8.43. The highest BCUT2D eigenvalue weighted by Crippen LogP contribution is 2.22. The van der Waals surface area contributed by atoms with E-state index in [-0.39, 0.29) is 12.0 Å². The molecule has 4 rings (SSSR count). The molecule has 2 unspecified atom stereocenters. The predicted molar refractivity (Wildman–Crippen MR) is 103 cm³/mol. The lowest BCUT2D eigenvalue weighted by molar-refractivity contribution is -0.0461. The molecule has 6 nitrogen and oxygen atoms in total. The smallest absolute Gasteiger partial charge is 0.254 e. The number of morpholine rings is 1. The zero-order valence-electron chi connectivity index (χ0n) is 14.8. The Kier molecular flexibility index (Phi) is 5.11. The number of hydrogen-bond acceptors (Lipinski definition) is 4. The molecule has 1 aromatic carbocycles. The van der Waals surface area contributed by atoms with Crippen molar-refractivity contribution in [3.05, 3.63) is 46.2 Å². The molecule has 2 atom stereocenters. The van der Waals surface area contributed by atoms with Crippen LogP contribution >= 0.6 is 15.9 Å². The Labute approximate surface area is 161 Å². The van der Waals surface area contributed by atoms with Crippen molar-refractivity contribution in [2.24, 2.45) is 0 Å². The minimum atomic E-state index is -0.101. The number of benzene rings is 1. The molecule has 138 valence electrons. The van der Waals surface area contributed by atoms with E-state index in [2.05, 4.69) is 31.2 Å². The Balaban J connectivity index is 1.39. The number of aromatic nitrogens is 2. The van der Waals surface area contributed by atoms with Crippen LogP contribution in [0.2, 0.25) is 0 Å². The van der Waals surface area contributed by atoms with Crippen molar-refractivity contribution < 1.29 is 9.53 Å². The van der Waals surface area contributed by atoms with Crippen LogP contribution in [0.4, 0.5) is 0 Å². The zero-order chi connectivity index (χ0) is 18.1. The summed E-state index contributed by atoms with van der Waals surface area (Å²) >= 11 is 3.47. The molecule has 0 aliphatic carbocycles. The number of nitrogens with one attached hydrogen (secondary N) is 1. The van der Waals surface area contributed by atoms with Gasteiger partial charge in [-0.3, -0.25) is 9.69 Å². The molecule has 0 spiro atoms. The third-order valence-electron chi connectivity index (χ3n) is 5.26. The molecule has 1 amide bonds. The van der Waals surface area contributed by atoms with E-state index < -0.39 is 0 Å². The minimum Gasteiger partial charge on any atom is -0.373 e. The van der Waals surface area contributed by atoms with Gasteiger partial charge in [-0.1, -0.05) is 22.0 Å². The van der Waals surface area contributed by atoms with Crippen LogP contribution in [0.5, 0.6) is 0 Å². The van der Waals surface area contributed by atoms with E-state index >= 15 is 0 Å². The van der Waals surface area contributed by atoms with Crippen LogP contribution in [0, 0.1) is 6.92 Å². The molecular weight excluding hydrogens is 396 g/mol. The van der Waals surface area contributed by atoms with Crippen molar-refractivity contribution in [1.82, 2.24) is 20.0 Å². The van der Waals surface area contributed by atoms with E-state index in [1.807, 2.05) is 31.2 Å². The molecule has 0 radical (unpaired) electrons. The maximum atomic E-state index is 12.6. The summed E-state index contributed by atoms with van der Waals surface area (Å²) in [5.74, 6) is -0.101. The van der Waals surface area contributed by atoms with E-state index in [1.54, 1.807) is 10.9 Å². The van der Waals surface area contributed by atoms with Gasteiger partial charge in [0.1, 0.15) is 0 Å². The van der Waals surface area contributed by atoms with Crippen molar-refractivity contribution in [1.29, 1.82) is 0 Å². The molecule has 1 N–H and O–H groups in total. The van der Waals surface area contributed by atoms with Gasteiger partial charge in [-0.25, -0.2) is 4.68 Å². The monoisotopic (exact) mass is 418 g/mol. The van der Waals surface area contributed by atoms with Crippen molar-refractivity contribution in [2.45, 2.75) is 31.9 Å². The highest BCUT2D eigenvalue weighted by molar-refractivity contribution is 9.10. The fourth-order valence-corrected chi connectivity index (χ4v) is 4.20. The number of halogens is 1. The van der Waals surface area contributed by atoms with Crippen LogP contribution in [0.1, 0.15) is 28.9 Å². The summed E-state index contributed by atoms with van der Waals surface area (Å²) in [5, 5.41) is 7.39. The first-order valence-electron chi connectivity index (χ1n) is 9.06. The maximum Gasteiger partial charge on any atom is 0.254 e. The number of carbonyl (C=O) groups is 1. The number of nitrogens with zero attached hydrogens (tertiary/aromatic N) is 3. The summed E-state index contributed by atoms with van der Waals surface area (Å²) in [6.07, 6.45) is 4.17. The Hall–Kier alpha value is -1.70. The molecule has 2 fully saturated rings. The van der Waals surface area contributed by atoms with E-state index in [0.29, 0.717) is 18.2 Å². The molecular formula is C19H23BrN4O2. The summed E-state index contributed by atoms with van der Waals surface area (Å²) in [6.45, 7) is 5.27. The van der Waals surface area contributed by atoms with Crippen LogP contribution in [0.3, 0.4) is 0 Å². The van der Waals surface area contributed by atoms with Gasteiger partial charge in [-0.05, 0) is 44.5 Å². The average Bonchev–Trinajstić information content (AvgIpc) is 3.25. The first-order valence-corrected chi connectivity index (χ1v) is 9.85. The molecule has 26 heavy (non-hydrogen) atoms. The van der Waals surface area contributed by atoms with Crippen LogP contribution in [0.15, 0.2) is 34.9 Å². The SMILES string of the molecule is Cc1c(C(=O)NCC2CN3CCCC3CO2)cnn1-c1cccc(Br)c1. The molecule has 2 aliphatic heterocycles. The van der Waals surface area contributed by atoms with Gasteiger partial charge in [-0.2, -0.15) is 5.10 Å². The molecule has 2 aliphatic rings. The molecule has 2 aromatic rings. The highest BCUT2D eigenvalue weighted by Gasteiger charge is 2.32. The van der Waals surface area contributed by atoms with E-state index in [9.17, 15) is 4.79 Å². The number of hydrogen-bond donors (Lipinski definition) is 1. The van der Waals surface area contributed by atoms with Gasteiger partial charge in [0, 0.05) is 23.6 Å². The lowest BCUT2D eigenvalue weighted by Crippen LogP contribution is -2.50. The number of carbonyl (C=O) groups excluding carboxylic acids is 1. The highest BCUT2D eigenvalue weighted by atomic mass is 79.9. The first-order chi connectivity index (χ1) is 12.6. The lowest BCUT2D eigenvalue weighted by atomic mass is 10.2. The van der Waals surface area contributed by atoms with Crippen molar-refractivity contribution >= 4 is 21.8 Å². The van der Waals surface area contributed by atoms with Gasteiger partial charge < -0.3 is 10.1 Å². The second-order valence-corrected chi connectivity index (χ2v) is 7.91. The molecule has 7 heteroatoms. The second kappa shape index (κ2) is 7.50. The summed E-state index contributed by atoms with van der Waals surface area (Å²) < 4.78 is 8.67. The van der Waals surface area contributed by atoms with Crippen LogP contribution in [-0.4, -0.2) is 59.0 Å². The zero-order valence-corrected chi connectivity index (χ0v) is 16.4. The van der Waals surface area contributed by atoms with E-state index in [4.69, 9.17) is 4.74 Å². The fraction of sp³-hybridized carbons (Fsp3) is 0.474. The summed E-state index contributed by atoms with van der Waals surface area (Å²) in [4.78, 5) is 15.1. The quantitative estimate of drug-likeness (QED) is 0.828. The topological polar surface area (TPSA) is 59.4 Å². The van der Waals surface area contributed by atoms with Gasteiger partial charge in [0.15, 0.2) is 0 Å². The number of ether oxygens (including phenoxy) is 1. The summed E-state index contributed by atoms with van der Waals surface area (Å²) in [5.41, 5.74) is 2.34. The Morgan fingerprint density at radius 2 is 2.35 bits per heavy atom. The van der Waals surface area contributed by atoms with Crippen LogP contribution in [-0.2, 0) is 4.74 Å².